The van der Waals surface area contributed by atoms with E-state index in [2.05, 4.69) is 6.58 Å². The van der Waals surface area contributed by atoms with Crippen LogP contribution in [0.3, 0.4) is 0 Å². The van der Waals surface area contributed by atoms with Crippen molar-refractivity contribution >= 4 is 5.91 Å². The number of benzene rings is 1. The van der Waals surface area contributed by atoms with Gasteiger partial charge in [0.1, 0.15) is 5.75 Å². The van der Waals surface area contributed by atoms with Gasteiger partial charge in [0.25, 0.3) is 0 Å². The molecule has 3 heteroatoms. The second kappa shape index (κ2) is 3.57. The molecule has 1 aromatic rings. The Balaban J connectivity index is 2.85. The molecule has 0 spiro atoms. The maximum absolute atomic E-state index is 10.6. The first kappa shape index (κ1) is 8.33. The molecule has 3 nitrogen and oxygen atoms in total. The minimum Gasteiger partial charge on any atom is -0.466 e. The summed E-state index contributed by atoms with van der Waals surface area (Å²) < 4.78 is 4.95. The van der Waals surface area contributed by atoms with Crippen LogP contribution >= 0.6 is 0 Å². The molecule has 0 unspecified atom stereocenters. The van der Waals surface area contributed by atoms with E-state index in [4.69, 9.17) is 10.5 Å². The molecule has 0 fully saturated rings. The average molecular weight is 163 g/mol. The third-order valence-corrected chi connectivity index (χ3v) is 1.36. The maximum atomic E-state index is 10.6. The molecule has 0 aliphatic heterocycles. The van der Waals surface area contributed by atoms with Crippen LogP contribution in [0.25, 0.3) is 0 Å². The van der Waals surface area contributed by atoms with E-state index < -0.39 is 5.91 Å². The van der Waals surface area contributed by atoms with Crippen LogP contribution in [0, 0.1) is 0 Å². The van der Waals surface area contributed by atoms with Crippen molar-refractivity contribution in [1.29, 1.82) is 0 Å². The SMILES string of the molecule is C=COc1ccc(C(N)=O)cc1. The van der Waals surface area contributed by atoms with Crippen LogP contribution in [0.4, 0.5) is 0 Å². The summed E-state index contributed by atoms with van der Waals surface area (Å²) in [5, 5.41) is 0. The maximum Gasteiger partial charge on any atom is 0.248 e. The quantitative estimate of drug-likeness (QED) is 0.683. The first-order valence-corrected chi connectivity index (χ1v) is 3.41. The fourth-order valence-corrected chi connectivity index (χ4v) is 0.794. The molecule has 1 amide bonds. The minimum absolute atomic E-state index is 0.444. The van der Waals surface area contributed by atoms with Crippen molar-refractivity contribution < 1.29 is 9.53 Å². The molecule has 0 heterocycles. The Hall–Kier alpha value is -1.77. The molecule has 0 aromatic heterocycles. The van der Waals surface area contributed by atoms with Crippen LogP contribution in [-0.2, 0) is 0 Å². The zero-order chi connectivity index (χ0) is 8.97. The third kappa shape index (κ3) is 1.85. The van der Waals surface area contributed by atoms with Crippen molar-refractivity contribution in [3.05, 3.63) is 42.7 Å². The summed E-state index contributed by atoms with van der Waals surface area (Å²) >= 11 is 0. The van der Waals surface area contributed by atoms with E-state index in [1.165, 1.54) is 6.26 Å². The molecule has 0 saturated carbocycles. The van der Waals surface area contributed by atoms with Gasteiger partial charge in [0.15, 0.2) is 0 Å². The van der Waals surface area contributed by atoms with Crippen molar-refractivity contribution in [3.63, 3.8) is 0 Å². The van der Waals surface area contributed by atoms with Gasteiger partial charge in [-0.3, -0.25) is 4.79 Å². The fraction of sp³-hybridized carbons (Fsp3) is 0. The van der Waals surface area contributed by atoms with E-state index in [-0.39, 0.29) is 0 Å². The van der Waals surface area contributed by atoms with Gasteiger partial charge in [-0.1, -0.05) is 6.58 Å². The number of hydrogen-bond donors (Lipinski definition) is 1. The predicted octanol–water partition coefficient (Wildman–Crippen LogP) is 1.31. The molecule has 0 saturated heterocycles. The molecule has 0 bridgehead atoms. The van der Waals surface area contributed by atoms with E-state index in [0.29, 0.717) is 11.3 Å². The highest BCUT2D eigenvalue weighted by Crippen LogP contribution is 2.11. The topological polar surface area (TPSA) is 52.3 Å². The largest absolute Gasteiger partial charge is 0.466 e. The lowest BCUT2D eigenvalue weighted by Crippen LogP contribution is -2.10. The first-order chi connectivity index (χ1) is 5.74. The van der Waals surface area contributed by atoms with Gasteiger partial charge in [-0.15, -0.1) is 0 Å². The number of carbonyl (C=O) groups excluding carboxylic acids is 1. The summed E-state index contributed by atoms with van der Waals surface area (Å²) in [6, 6.07) is 6.51. The Morgan fingerprint density at radius 1 is 1.42 bits per heavy atom. The van der Waals surface area contributed by atoms with Gasteiger partial charge in [-0.25, -0.2) is 0 Å². The van der Waals surface area contributed by atoms with Crippen LogP contribution in [-0.4, -0.2) is 5.91 Å². The second-order valence-corrected chi connectivity index (χ2v) is 2.17. The number of ether oxygens (including phenoxy) is 1. The normalized spacial score (nSPS) is 9.00. The molecule has 0 aliphatic carbocycles. The highest BCUT2D eigenvalue weighted by atomic mass is 16.5. The summed E-state index contributed by atoms with van der Waals surface area (Å²) in [7, 11) is 0. The zero-order valence-electron chi connectivity index (χ0n) is 6.49. The number of primary amides is 1. The van der Waals surface area contributed by atoms with Gasteiger partial charge in [0.05, 0.1) is 6.26 Å². The van der Waals surface area contributed by atoms with E-state index in [9.17, 15) is 4.79 Å². The zero-order valence-corrected chi connectivity index (χ0v) is 6.49. The van der Waals surface area contributed by atoms with Crippen LogP contribution in [0.2, 0.25) is 0 Å². The highest BCUT2D eigenvalue weighted by Gasteiger charge is 1.98. The summed E-state index contributed by atoms with van der Waals surface area (Å²) in [5.41, 5.74) is 5.50. The van der Waals surface area contributed by atoms with E-state index >= 15 is 0 Å². The third-order valence-electron chi connectivity index (χ3n) is 1.36. The van der Waals surface area contributed by atoms with Crippen molar-refractivity contribution in [1.82, 2.24) is 0 Å². The Labute approximate surface area is 70.5 Å². The summed E-state index contributed by atoms with van der Waals surface area (Å²) in [5.74, 6) is 0.190. The van der Waals surface area contributed by atoms with E-state index in [0.717, 1.165) is 0 Å². The van der Waals surface area contributed by atoms with Crippen LogP contribution < -0.4 is 10.5 Å². The molecule has 0 radical (unpaired) electrons. The smallest absolute Gasteiger partial charge is 0.248 e. The van der Waals surface area contributed by atoms with Crippen LogP contribution in [0.1, 0.15) is 10.4 Å². The highest BCUT2D eigenvalue weighted by molar-refractivity contribution is 5.92. The second-order valence-electron chi connectivity index (χ2n) is 2.17. The van der Waals surface area contributed by atoms with Gasteiger partial charge in [0.2, 0.25) is 5.91 Å². The Morgan fingerprint density at radius 3 is 2.42 bits per heavy atom. The standard InChI is InChI=1S/C9H9NO2/c1-2-12-8-5-3-7(4-6-8)9(10)11/h2-6H,1H2,(H2,10,11). The Morgan fingerprint density at radius 2 is 2.00 bits per heavy atom. The van der Waals surface area contributed by atoms with Crippen molar-refractivity contribution in [3.8, 4) is 5.75 Å². The fourth-order valence-electron chi connectivity index (χ4n) is 0.794. The molecule has 1 aromatic carbocycles. The summed E-state index contributed by atoms with van der Waals surface area (Å²) in [6.07, 6.45) is 1.32. The number of amides is 1. The summed E-state index contributed by atoms with van der Waals surface area (Å²) in [6.45, 7) is 3.40. The van der Waals surface area contributed by atoms with Crippen molar-refractivity contribution in [2.24, 2.45) is 5.73 Å². The lowest BCUT2D eigenvalue weighted by molar-refractivity contribution is 0.100. The average Bonchev–Trinajstić information content (AvgIpc) is 2.06. The van der Waals surface area contributed by atoms with Crippen LogP contribution in [0.15, 0.2) is 37.1 Å². The lowest BCUT2D eigenvalue weighted by Gasteiger charge is -1.99. The molecular formula is C9H9NO2. The molecule has 2 N–H and O–H groups in total. The van der Waals surface area contributed by atoms with Gasteiger partial charge < -0.3 is 10.5 Å². The lowest BCUT2D eigenvalue weighted by atomic mass is 10.2. The molecule has 62 valence electrons. The predicted molar refractivity (Wildman–Crippen MR) is 45.8 cm³/mol. The van der Waals surface area contributed by atoms with E-state index in [1.807, 2.05) is 0 Å². The van der Waals surface area contributed by atoms with Gasteiger partial charge in [-0.05, 0) is 24.3 Å². The number of hydrogen-bond acceptors (Lipinski definition) is 2. The first-order valence-electron chi connectivity index (χ1n) is 3.41. The molecule has 1 rings (SSSR count). The Kier molecular flexibility index (Phi) is 2.48. The number of nitrogens with two attached hydrogens (primary N) is 1. The van der Waals surface area contributed by atoms with Crippen molar-refractivity contribution in [2.75, 3.05) is 0 Å². The monoisotopic (exact) mass is 163 g/mol. The summed E-state index contributed by atoms with van der Waals surface area (Å²) in [4.78, 5) is 10.6. The van der Waals surface area contributed by atoms with Gasteiger partial charge in [-0.2, -0.15) is 0 Å². The molecule has 0 atom stereocenters. The van der Waals surface area contributed by atoms with E-state index in [1.54, 1.807) is 24.3 Å². The van der Waals surface area contributed by atoms with Gasteiger partial charge in [0, 0.05) is 5.56 Å². The molecule has 0 aliphatic rings. The van der Waals surface area contributed by atoms with Gasteiger partial charge >= 0.3 is 0 Å². The molecule has 12 heavy (non-hydrogen) atoms. The van der Waals surface area contributed by atoms with Crippen LogP contribution in [0.5, 0.6) is 5.75 Å². The molecular weight excluding hydrogens is 154 g/mol. The Bertz CT molecular complexity index is 290. The number of carbonyl (C=O) groups is 1. The van der Waals surface area contributed by atoms with Crippen molar-refractivity contribution in [2.45, 2.75) is 0 Å². The number of rotatable bonds is 3. The minimum atomic E-state index is -0.444.